The number of hydrogen-bond donors (Lipinski definition) is 1. The van der Waals surface area contributed by atoms with Crippen molar-refractivity contribution < 1.29 is 4.74 Å². The zero-order valence-corrected chi connectivity index (χ0v) is 10.0. The Labute approximate surface area is 97.1 Å². The van der Waals surface area contributed by atoms with Crippen molar-refractivity contribution in [1.29, 1.82) is 0 Å². The molecule has 2 rings (SSSR count). The van der Waals surface area contributed by atoms with Gasteiger partial charge in [-0.2, -0.15) is 0 Å². The SMILES string of the molecule is COc1c(CCl)cc2sccc2c1S. The molecule has 1 aromatic carbocycles. The van der Waals surface area contributed by atoms with E-state index in [2.05, 4.69) is 18.7 Å². The van der Waals surface area contributed by atoms with Crippen LogP contribution in [-0.2, 0) is 5.88 Å². The van der Waals surface area contributed by atoms with Gasteiger partial charge in [0.2, 0.25) is 0 Å². The van der Waals surface area contributed by atoms with E-state index in [0.29, 0.717) is 5.88 Å². The highest BCUT2D eigenvalue weighted by atomic mass is 35.5. The van der Waals surface area contributed by atoms with Crippen LogP contribution in [0.5, 0.6) is 5.75 Å². The van der Waals surface area contributed by atoms with Gasteiger partial charge < -0.3 is 4.74 Å². The second-order valence-corrected chi connectivity index (χ2v) is 4.55. The van der Waals surface area contributed by atoms with Crippen LogP contribution in [-0.4, -0.2) is 7.11 Å². The van der Waals surface area contributed by atoms with Crippen LogP contribution >= 0.6 is 35.6 Å². The predicted octanol–water partition coefficient (Wildman–Crippen LogP) is 3.94. The summed E-state index contributed by atoms with van der Waals surface area (Å²) in [5.41, 5.74) is 0.995. The van der Waals surface area contributed by atoms with Crippen LogP contribution in [0, 0.1) is 0 Å². The average Bonchev–Trinajstić information content (AvgIpc) is 2.65. The lowest BCUT2D eigenvalue weighted by Crippen LogP contribution is -1.91. The van der Waals surface area contributed by atoms with Crippen LogP contribution in [0.25, 0.3) is 10.1 Å². The summed E-state index contributed by atoms with van der Waals surface area (Å²) in [5, 5.41) is 3.17. The zero-order valence-electron chi connectivity index (χ0n) is 7.58. The van der Waals surface area contributed by atoms with Gasteiger partial charge in [-0.15, -0.1) is 35.6 Å². The second-order valence-electron chi connectivity index (χ2n) is 2.88. The molecule has 1 nitrogen and oxygen atoms in total. The maximum Gasteiger partial charge on any atom is 0.137 e. The molecule has 1 aromatic heterocycles. The minimum absolute atomic E-state index is 0.449. The smallest absolute Gasteiger partial charge is 0.137 e. The van der Waals surface area contributed by atoms with Gasteiger partial charge in [-0.3, -0.25) is 0 Å². The van der Waals surface area contributed by atoms with Crippen LogP contribution in [0.2, 0.25) is 0 Å². The molecule has 14 heavy (non-hydrogen) atoms. The molecule has 0 spiro atoms. The van der Waals surface area contributed by atoms with Gasteiger partial charge in [0, 0.05) is 15.6 Å². The molecule has 0 aliphatic rings. The predicted molar refractivity (Wildman–Crippen MR) is 65.2 cm³/mol. The van der Waals surface area contributed by atoms with E-state index in [9.17, 15) is 0 Å². The van der Waals surface area contributed by atoms with E-state index < -0.39 is 0 Å². The average molecular weight is 245 g/mol. The Morgan fingerprint density at radius 1 is 1.57 bits per heavy atom. The molecule has 74 valence electrons. The molecule has 0 amide bonds. The first-order valence-electron chi connectivity index (χ1n) is 4.10. The molecule has 0 bridgehead atoms. The highest BCUT2D eigenvalue weighted by molar-refractivity contribution is 7.80. The maximum absolute atomic E-state index is 5.84. The minimum Gasteiger partial charge on any atom is -0.495 e. The lowest BCUT2D eigenvalue weighted by Gasteiger charge is -2.09. The van der Waals surface area contributed by atoms with Crippen LogP contribution in [0.1, 0.15) is 5.56 Å². The first kappa shape index (κ1) is 10.1. The van der Waals surface area contributed by atoms with Crippen molar-refractivity contribution in [3.63, 3.8) is 0 Å². The molecule has 0 radical (unpaired) electrons. The quantitative estimate of drug-likeness (QED) is 0.622. The number of rotatable bonds is 2. The van der Waals surface area contributed by atoms with Gasteiger partial charge in [0.1, 0.15) is 5.75 Å². The fourth-order valence-electron chi connectivity index (χ4n) is 1.45. The first-order chi connectivity index (χ1) is 6.77. The van der Waals surface area contributed by atoms with Gasteiger partial charge in [0.05, 0.1) is 17.9 Å². The van der Waals surface area contributed by atoms with Crippen LogP contribution in [0.15, 0.2) is 22.4 Å². The van der Waals surface area contributed by atoms with Crippen molar-refractivity contribution >= 4 is 45.7 Å². The highest BCUT2D eigenvalue weighted by Crippen LogP contribution is 2.37. The van der Waals surface area contributed by atoms with Gasteiger partial charge in [0.25, 0.3) is 0 Å². The summed E-state index contributed by atoms with van der Waals surface area (Å²) in [5.74, 6) is 1.24. The van der Waals surface area contributed by atoms with Crippen molar-refractivity contribution in [2.24, 2.45) is 0 Å². The third-order valence-corrected chi connectivity index (χ3v) is 3.71. The number of methoxy groups -OCH3 is 1. The van der Waals surface area contributed by atoms with Gasteiger partial charge >= 0.3 is 0 Å². The van der Waals surface area contributed by atoms with Gasteiger partial charge in [-0.1, -0.05) is 0 Å². The lowest BCUT2D eigenvalue weighted by molar-refractivity contribution is 0.402. The highest BCUT2D eigenvalue weighted by Gasteiger charge is 2.11. The second kappa shape index (κ2) is 4.01. The van der Waals surface area contributed by atoms with Crippen molar-refractivity contribution in [3.05, 3.63) is 23.1 Å². The Balaban J connectivity index is 2.79. The standard InChI is InChI=1S/C10H9ClOS2/c1-12-9-6(5-11)4-8-7(10(9)13)2-3-14-8/h2-4,13H,5H2,1H3. The monoisotopic (exact) mass is 244 g/mol. The van der Waals surface area contributed by atoms with E-state index in [4.69, 9.17) is 16.3 Å². The molecule has 0 N–H and O–H groups in total. The van der Waals surface area contributed by atoms with Gasteiger partial charge in [0.15, 0.2) is 0 Å². The summed E-state index contributed by atoms with van der Waals surface area (Å²) in [6.07, 6.45) is 0. The number of fused-ring (bicyclic) bond motifs is 1. The summed E-state index contributed by atoms with van der Waals surface area (Å²) in [4.78, 5) is 0.877. The summed E-state index contributed by atoms with van der Waals surface area (Å²) in [6, 6.07) is 4.11. The lowest BCUT2D eigenvalue weighted by atomic mass is 10.1. The van der Waals surface area contributed by atoms with Crippen molar-refractivity contribution in [3.8, 4) is 5.75 Å². The fraction of sp³-hybridized carbons (Fsp3) is 0.200. The molecule has 0 unspecified atom stereocenters. The number of thiol groups is 1. The van der Waals surface area contributed by atoms with Gasteiger partial charge in [-0.25, -0.2) is 0 Å². The number of thiophene rings is 1. The van der Waals surface area contributed by atoms with E-state index in [-0.39, 0.29) is 0 Å². The molecule has 0 saturated carbocycles. The molecule has 2 aromatic rings. The molecule has 0 aliphatic heterocycles. The number of halogens is 1. The number of alkyl halides is 1. The molecular weight excluding hydrogens is 236 g/mol. The third kappa shape index (κ3) is 1.49. The number of benzene rings is 1. The summed E-state index contributed by atoms with van der Waals surface area (Å²) < 4.78 is 6.49. The van der Waals surface area contributed by atoms with Crippen molar-refractivity contribution in [1.82, 2.24) is 0 Å². The Hall–Kier alpha value is -0.380. The molecule has 0 fully saturated rings. The number of hydrogen-bond acceptors (Lipinski definition) is 3. The normalized spacial score (nSPS) is 10.8. The zero-order chi connectivity index (χ0) is 10.1. The molecule has 0 aliphatic carbocycles. The molecule has 1 heterocycles. The van der Waals surface area contributed by atoms with E-state index in [1.807, 2.05) is 11.4 Å². The Kier molecular flexibility index (Phi) is 2.91. The Morgan fingerprint density at radius 2 is 2.36 bits per heavy atom. The fourth-order valence-corrected chi connectivity index (χ4v) is 3.02. The molecule has 4 heteroatoms. The summed E-state index contributed by atoms with van der Waals surface area (Å²) in [7, 11) is 1.64. The Morgan fingerprint density at radius 3 is 3.00 bits per heavy atom. The summed E-state index contributed by atoms with van der Waals surface area (Å²) in [6.45, 7) is 0. The van der Waals surface area contributed by atoms with E-state index in [1.165, 1.54) is 4.70 Å². The molecule has 0 saturated heterocycles. The van der Waals surface area contributed by atoms with E-state index >= 15 is 0 Å². The third-order valence-electron chi connectivity index (χ3n) is 2.11. The van der Waals surface area contributed by atoms with Crippen LogP contribution in [0.4, 0.5) is 0 Å². The van der Waals surface area contributed by atoms with Crippen LogP contribution in [0.3, 0.4) is 0 Å². The molecular formula is C10H9ClOS2. The Bertz CT molecular complexity index is 464. The number of ether oxygens (including phenoxy) is 1. The minimum atomic E-state index is 0.449. The molecule has 0 atom stereocenters. The van der Waals surface area contributed by atoms with E-state index in [0.717, 1.165) is 21.6 Å². The van der Waals surface area contributed by atoms with Gasteiger partial charge in [-0.05, 0) is 17.5 Å². The van der Waals surface area contributed by atoms with Crippen molar-refractivity contribution in [2.75, 3.05) is 7.11 Å². The van der Waals surface area contributed by atoms with Crippen molar-refractivity contribution in [2.45, 2.75) is 10.8 Å². The topological polar surface area (TPSA) is 9.23 Å². The summed E-state index contributed by atoms with van der Waals surface area (Å²) >= 11 is 12.0. The van der Waals surface area contributed by atoms with Crippen LogP contribution < -0.4 is 4.74 Å². The first-order valence-corrected chi connectivity index (χ1v) is 5.96. The largest absolute Gasteiger partial charge is 0.495 e. The maximum atomic E-state index is 5.84. The van der Waals surface area contributed by atoms with E-state index in [1.54, 1.807) is 18.4 Å².